The largest absolute Gasteiger partial charge is 0.384 e. The fraction of sp³-hybridized carbons (Fsp3) is 0.429. The number of allylic oxidation sites excluding steroid dienone is 3. The monoisotopic (exact) mass is 294 g/mol. The quantitative estimate of drug-likeness (QED) is 0.602. The first kappa shape index (κ1) is 14.1. The molecule has 0 bridgehead atoms. The molecule has 1 rings (SSSR count). The Bertz CT molecular complexity index is 429. The molecule has 0 amide bonds. The van der Waals surface area contributed by atoms with Crippen molar-refractivity contribution >= 4 is 15.9 Å². The number of hydrogen-bond donors (Lipinski definition) is 2. The lowest BCUT2D eigenvalue weighted by Gasteiger charge is -2.20. The van der Waals surface area contributed by atoms with Gasteiger partial charge in [0, 0.05) is 17.3 Å². The summed E-state index contributed by atoms with van der Waals surface area (Å²) in [6.07, 6.45) is 7.41. The van der Waals surface area contributed by atoms with Crippen molar-refractivity contribution in [3.8, 4) is 23.7 Å². The molecule has 90 valence electrons. The maximum atomic E-state index is 10.3. The molecule has 3 heteroatoms. The lowest BCUT2D eigenvalue weighted by molar-refractivity contribution is 0.0893. The standard InChI is InChI=1S/C14H15BrO2/c15-11-4-1-2-7-13-8-6-10-14(13,17)9-3-5-12-16/h1,4,8,16-17H,6,9-12H2/b4-1-. The van der Waals surface area contributed by atoms with Crippen LogP contribution in [0.5, 0.6) is 0 Å². The van der Waals surface area contributed by atoms with Crippen LogP contribution in [0.4, 0.5) is 0 Å². The number of aliphatic hydroxyl groups is 2. The molecule has 0 heterocycles. The highest BCUT2D eigenvalue weighted by atomic mass is 79.9. The summed E-state index contributed by atoms with van der Waals surface area (Å²) in [6.45, 7) is -0.172. The Morgan fingerprint density at radius 3 is 3.00 bits per heavy atom. The van der Waals surface area contributed by atoms with Crippen molar-refractivity contribution in [3.05, 3.63) is 23.8 Å². The van der Waals surface area contributed by atoms with Crippen LogP contribution in [0, 0.1) is 23.7 Å². The van der Waals surface area contributed by atoms with Crippen LogP contribution in [-0.4, -0.2) is 27.8 Å². The molecule has 1 unspecified atom stereocenters. The van der Waals surface area contributed by atoms with Crippen LogP contribution in [0.1, 0.15) is 19.3 Å². The summed E-state index contributed by atoms with van der Waals surface area (Å²) in [5.41, 5.74) is -0.193. The first-order valence-electron chi connectivity index (χ1n) is 5.45. The Hall–Kier alpha value is -1.00. The Balaban J connectivity index is 2.69. The number of halogens is 1. The summed E-state index contributed by atoms with van der Waals surface area (Å²) in [6, 6.07) is 0. The van der Waals surface area contributed by atoms with Gasteiger partial charge in [0.1, 0.15) is 12.2 Å². The zero-order valence-corrected chi connectivity index (χ0v) is 11.1. The van der Waals surface area contributed by atoms with Gasteiger partial charge in [-0.25, -0.2) is 0 Å². The van der Waals surface area contributed by atoms with Gasteiger partial charge in [-0.2, -0.15) is 0 Å². The Morgan fingerprint density at radius 1 is 1.47 bits per heavy atom. The van der Waals surface area contributed by atoms with Gasteiger partial charge >= 0.3 is 0 Å². The van der Waals surface area contributed by atoms with Gasteiger partial charge in [-0.15, -0.1) is 0 Å². The van der Waals surface area contributed by atoms with E-state index in [0.29, 0.717) is 12.8 Å². The minimum absolute atomic E-state index is 0.172. The van der Waals surface area contributed by atoms with E-state index in [-0.39, 0.29) is 6.61 Å². The molecular weight excluding hydrogens is 280 g/mol. The fourth-order valence-electron chi connectivity index (χ4n) is 1.62. The summed E-state index contributed by atoms with van der Waals surface area (Å²) < 4.78 is 0. The number of hydrogen-bond acceptors (Lipinski definition) is 2. The third-order valence-electron chi connectivity index (χ3n) is 2.49. The normalized spacial score (nSPS) is 22.6. The van der Waals surface area contributed by atoms with Crippen molar-refractivity contribution in [2.24, 2.45) is 0 Å². The molecule has 0 aliphatic heterocycles. The van der Waals surface area contributed by atoms with Gasteiger partial charge < -0.3 is 10.2 Å². The Kier molecular flexibility index (Phi) is 6.08. The molecule has 0 aromatic heterocycles. The first-order chi connectivity index (χ1) is 8.23. The maximum Gasteiger partial charge on any atom is 0.108 e. The second-order valence-corrected chi connectivity index (χ2v) is 4.35. The van der Waals surface area contributed by atoms with Crippen LogP contribution in [0.25, 0.3) is 0 Å². The lowest BCUT2D eigenvalue weighted by atomic mass is 9.92. The second kappa shape index (κ2) is 7.35. The zero-order chi connectivity index (χ0) is 12.6. The topological polar surface area (TPSA) is 40.5 Å². The molecule has 0 radical (unpaired) electrons. The van der Waals surface area contributed by atoms with E-state index in [1.807, 2.05) is 12.2 Å². The third kappa shape index (κ3) is 4.40. The Labute approximate surface area is 111 Å². The van der Waals surface area contributed by atoms with Crippen LogP contribution in [0.15, 0.2) is 23.8 Å². The van der Waals surface area contributed by atoms with E-state index in [1.165, 1.54) is 0 Å². The van der Waals surface area contributed by atoms with Crippen LogP contribution in [-0.2, 0) is 0 Å². The summed E-state index contributed by atoms with van der Waals surface area (Å²) in [7, 11) is 0. The van der Waals surface area contributed by atoms with Gasteiger partial charge in [-0.3, -0.25) is 0 Å². The van der Waals surface area contributed by atoms with Gasteiger partial charge in [-0.1, -0.05) is 51.8 Å². The summed E-state index contributed by atoms with van der Waals surface area (Å²) in [5, 5.41) is 19.7. The summed E-state index contributed by atoms with van der Waals surface area (Å²) in [5.74, 6) is 11.2. The molecule has 1 aliphatic carbocycles. The molecule has 0 aromatic rings. The molecule has 0 saturated carbocycles. The molecule has 0 saturated heterocycles. The molecule has 0 fully saturated rings. The highest BCUT2D eigenvalue weighted by Gasteiger charge is 2.33. The minimum Gasteiger partial charge on any atom is -0.384 e. The van der Waals surface area contributed by atoms with Crippen molar-refractivity contribution < 1.29 is 10.2 Å². The first-order valence-corrected chi connectivity index (χ1v) is 6.57. The van der Waals surface area contributed by atoms with E-state index >= 15 is 0 Å². The fourth-order valence-corrected chi connectivity index (χ4v) is 1.81. The van der Waals surface area contributed by atoms with E-state index in [0.717, 1.165) is 17.3 Å². The molecule has 0 aromatic carbocycles. The lowest BCUT2D eigenvalue weighted by Crippen LogP contribution is -2.26. The summed E-state index contributed by atoms with van der Waals surface area (Å²) >= 11 is 3.27. The van der Waals surface area contributed by atoms with Gasteiger partial charge in [0.15, 0.2) is 0 Å². The van der Waals surface area contributed by atoms with Gasteiger partial charge in [-0.05, 0) is 18.9 Å². The molecular formula is C14H15BrO2. The van der Waals surface area contributed by atoms with Crippen molar-refractivity contribution in [2.75, 3.05) is 11.9 Å². The molecule has 0 spiro atoms. The molecule has 1 atom stereocenters. The molecule has 2 nitrogen and oxygen atoms in total. The van der Waals surface area contributed by atoms with Crippen molar-refractivity contribution in [3.63, 3.8) is 0 Å². The predicted octanol–water partition coefficient (Wildman–Crippen LogP) is 1.78. The second-order valence-electron chi connectivity index (χ2n) is 3.70. The molecule has 2 N–H and O–H groups in total. The van der Waals surface area contributed by atoms with Crippen molar-refractivity contribution in [2.45, 2.75) is 24.9 Å². The van der Waals surface area contributed by atoms with Crippen molar-refractivity contribution in [1.82, 2.24) is 0 Å². The molecule has 17 heavy (non-hydrogen) atoms. The summed E-state index contributed by atoms with van der Waals surface area (Å²) in [4.78, 5) is 0. The smallest absolute Gasteiger partial charge is 0.108 e. The van der Waals surface area contributed by atoms with E-state index in [9.17, 15) is 5.11 Å². The van der Waals surface area contributed by atoms with Crippen LogP contribution >= 0.6 is 15.9 Å². The number of rotatable bonds is 2. The van der Waals surface area contributed by atoms with E-state index < -0.39 is 5.60 Å². The van der Waals surface area contributed by atoms with E-state index in [1.54, 1.807) is 6.08 Å². The van der Waals surface area contributed by atoms with Crippen LogP contribution < -0.4 is 0 Å². The predicted molar refractivity (Wildman–Crippen MR) is 72.5 cm³/mol. The van der Waals surface area contributed by atoms with Crippen molar-refractivity contribution in [1.29, 1.82) is 0 Å². The maximum absolute atomic E-state index is 10.3. The van der Waals surface area contributed by atoms with Gasteiger partial charge in [0.25, 0.3) is 0 Å². The highest BCUT2D eigenvalue weighted by molar-refractivity contribution is 9.09. The highest BCUT2D eigenvalue weighted by Crippen LogP contribution is 2.32. The number of alkyl halides is 1. The average molecular weight is 295 g/mol. The number of aliphatic hydroxyl groups excluding tert-OH is 1. The zero-order valence-electron chi connectivity index (χ0n) is 9.54. The van der Waals surface area contributed by atoms with Gasteiger partial charge in [0.05, 0.1) is 0 Å². The van der Waals surface area contributed by atoms with Gasteiger partial charge in [0.2, 0.25) is 0 Å². The average Bonchev–Trinajstić information content (AvgIpc) is 2.67. The minimum atomic E-state index is -0.933. The molecule has 1 aliphatic rings. The van der Waals surface area contributed by atoms with Crippen LogP contribution in [0.3, 0.4) is 0 Å². The van der Waals surface area contributed by atoms with E-state index in [4.69, 9.17) is 5.11 Å². The Morgan fingerprint density at radius 2 is 2.29 bits per heavy atom. The van der Waals surface area contributed by atoms with E-state index in [2.05, 4.69) is 39.6 Å². The third-order valence-corrected chi connectivity index (χ3v) is 2.86. The van der Waals surface area contributed by atoms with Crippen LogP contribution in [0.2, 0.25) is 0 Å². The SMILES string of the molecule is OCC#CCC1(O)CCC=C1C#C/C=C\CBr.